The SMILES string of the molecule is O=C(Nc1c(Cl)cncc1Cl)N1CCN2C(=O)N([C@@H]3C[C@H]3c3ccccc3)C(=O)C2C1. The van der Waals surface area contributed by atoms with E-state index < -0.39 is 12.1 Å². The lowest BCUT2D eigenvalue weighted by atomic mass is 10.1. The van der Waals surface area contributed by atoms with E-state index in [1.807, 2.05) is 30.3 Å². The van der Waals surface area contributed by atoms with E-state index in [0.717, 1.165) is 12.0 Å². The van der Waals surface area contributed by atoms with E-state index in [0.29, 0.717) is 13.1 Å². The second kappa shape index (κ2) is 7.69. The van der Waals surface area contributed by atoms with Crippen molar-refractivity contribution in [2.45, 2.75) is 24.4 Å². The number of halogens is 2. The van der Waals surface area contributed by atoms with Gasteiger partial charge < -0.3 is 15.1 Å². The Kier molecular flexibility index (Phi) is 4.98. The van der Waals surface area contributed by atoms with Crippen molar-refractivity contribution in [1.29, 1.82) is 0 Å². The molecule has 5 rings (SSSR count). The third-order valence-electron chi connectivity index (χ3n) is 6.04. The van der Waals surface area contributed by atoms with Gasteiger partial charge in [-0.2, -0.15) is 0 Å². The van der Waals surface area contributed by atoms with Gasteiger partial charge in [0, 0.05) is 37.4 Å². The lowest BCUT2D eigenvalue weighted by molar-refractivity contribution is -0.129. The highest BCUT2D eigenvalue weighted by Gasteiger charge is 2.56. The van der Waals surface area contributed by atoms with E-state index >= 15 is 0 Å². The van der Waals surface area contributed by atoms with Gasteiger partial charge in [0.1, 0.15) is 6.04 Å². The van der Waals surface area contributed by atoms with Crippen LogP contribution in [0, 0.1) is 0 Å². The number of anilines is 1. The number of rotatable bonds is 3. The number of carbonyl (C=O) groups excluding carboxylic acids is 3. The number of aromatic nitrogens is 1. The van der Waals surface area contributed by atoms with Crippen molar-refractivity contribution in [3.8, 4) is 0 Å². The molecule has 10 heteroatoms. The Hall–Kier alpha value is -2.84. The van der Waals surface area contributed by atoms with Gasteiger partial charge in [0.15, 0.2) is 0 Å². The number of hydrogen-bond acceptors (Lipinski definition) is 4. The zero-order chi connectivity index (χ0) is 21.7. The van der Waals surface area contributed by atoms with Crippen LogP contribution in [0.2, 0.25) is 10.0 Å². The predicted octanol–water partition coefficient (Wildman–Crippen LogP) is 3.42. The highest BCUT2D eigenvalue weighted by molar-refractivity contribution is 6.39. The molecule has 2 aliphatic heterocycles. The number of nitrogens with one attached hydrogen (secondary N) is 1. The number of urea groups is 2. The zero-order valence-electron chi connectivity index (χ0n) is 16.4. The van der Waals surface area contributed by atoms with Crippen molar-refractivity contribution in [3.05, 3.63) is 58.3 Å². The van der Waals surface area contributed by atoms with E-state index in [1.54, 1.807) is 4.90 Å². The van der Waals surface area contributed by atoms with Gasteiger partial charge in [0.05, 0.1) is 22.3 Å². The number of carbonyl (C=O) groups is 3. The first-order valence-electron chi connectivity index (χ1n) is 9.99. The molecule has 5 amide bonds. The third-order valence-corrected chi connectivity index (χ3v) is 6.62. The van der Waals surface area contributed by atoms with Crippen LogP contribution < -0.4 is 5.32 Å². The molecule has 1 unspecified atom stereocenters. The van der Waals surface area contributed by atoms with Gasteiger partial charge in [-0.15, -0.1) is 0 Å². The molecule has 1 N–H and O–H groups in total. The van der Waals surface area contributed by atoms with Crippen molar-refractivity contribution in [1.82, 2.24) is 19.7 Å². The van der Waals surface area contributed by atoms with Crippen molar-refractivity contribution in [2.75, 3.05) is 25.0 Å². The molecule has 1 aromatic carbocycles. The fourth-order valence-corrected chi connectivity index (χ4v) is 4.81. The van der Waals surface area contributed by atoms with E-state index in [1.165, 1.54) is 22.2 Å². The lowest BCUT2D eigenvalue weighted by Crippen LogP contribution is -2.55. The fraction of sp³-hybridized carbons (Fsp3) is 0.333. The minimum absolute atomic E-state index is 0.121. The second-order valence-electron chi connectivity index (χ2n) is 7.87. The Morgan fingerprint density at radius 2 is 1.77 bits per heavy atom. The molecule has 3 aliphatic rings. The third kappa shape index (κ3) is 3.49. The van der Waals surface area contributed by atoms with Crippen LogP contribution in [0.25, 0.3) is 0 Å². The van der Waals surface area contributed by atoms with Crippen LogP contribution in [0.4, 0.5) is 15.3 Å². The molecule has 160 valence electrons. The molecule has 3 fully saturated rings. The topological polar surface area (TPSA) is 85.8 Å². The van der Waals surface area contributed by atoms with Crippen molar-refractivity contribution in [2.24, 2.45) is 0 Å². The fourth-order valence-electron chi connectivity index (χ4n) is 4.35. The first kappa shape index (κ1) is 20.1. The van der Waals surface area contributed by atoms with Gasteiger partial charge in [-0.3, -0.25) is 14.7 Å². The van der Waals surface area contributed by atoms with Gasteiger partial charge in [0.2, 0.25) is 0 Å². The summed E-state index contributed by atoms with van der Waals surface area (Å²) < 4.78 is 0. The predicted molar refractivity (Wildman–Crippen MR) is 115 cm³/mol. The summed E-state index contributed by atoms with van der Waals surface area (Å²) in [6, 6.07) is 8.41. The minimum Gasteiger partial charge on any atom is -0.320 e. The molecule has 1 aliphatic carbocycles. The maximum atomic E-state index is 13.1. The Morgan fingerprint density at radius 1 is 1.06 bits per heavy atom. The maximum absolute atomic E-state index is 13.1. The molecule has 3 atom stereocenters. The van der Waals surface area contributed by atoms with E-state index in [9.17, 15) is 14.4 Å². The van der Waals surface area contributed by atoms with Crippen LogP contribution in [-0.4, -0.2) is 69.4 Å². The Labute approximate surface area is 188 Å². The first-order chi connectivity index (χ1) is 15.0. The summed E-state index contributed by atoms with van der Waals surface area (Å²) in [5.74, 6) is -0.0725. The normalized spacial score (nSPS) is 25.0. The summed E-state index contributed by atoms with van der Waals surface area (Å²) in [5.41, 5.74) is 1.40. The molecular weight excluding hydrogens is 441 g/mol. The second-order valence-corrected chi connectivity index (χ2v) is 8.69. The zero-order valence-corrected chi connectivity index (χ0v) is 17.9. The minimum atomic E-state index is -0.674. The molecule has 3 heterocycles. The van der Waals surface area contributed by atoms with Crippen LogP contribution in [0.15, 0.2) is 42.7 Å². The van der Waals surface area contributed by atoms with Crippen molar-refractivity contribution in [3.63, 3.8) is 0 Å². The van der Waals surface area contributed by atoms with Gasteiger partial charge in [-0.05, 0) is 12.0 Å². The van der Waals surface area contributed by atoms with Crippen LogP contribution >= 0.6 is 23.2 Å². The Balaban J connectivity index is 1.28. The van der Waals surface area contributed by atoms with Gasteiger partial charge in [-0.1, -0.05) is 53.5 Å². The molecule has 2 saturated heterocycles. The molecule has 31 heavy (non-hydrogen) atoms. The smallest absolute Gasteiger partial charge is 0.320 e. The summed E-state index contributed by atoms with van der Waals surface area (Å²) in [6.45, 7) is 0.720. The highest BCUT2D eigenvalue weighted by Crippen LogP contribution is 2.46. The van der Waals surface area contributed by atoms with E-state index in [2.05, 4.69) is 10.3 Å². The molecule has 8 nitrogen and oxygen atoms in total. The number of nitrogens with zero attached hydrogens (tertiary/aromatic N) is 4. The number of fused-ring (bicyclic) bond motifs is 1. The summed E-state index contributed by atoms with van der Waals surface area (Å²) in [4.78, 5) is 47.1. The van der Waals surface area contributed by atoms with Crippen LogP contribution in [-0.2, 0) is 4.79 Å². The van der Waals surface area contributed by atoms with Crippen LogP contribution in [0.1, 0.15) is 17.9 Å². The van der Waals surface area contributed by atoms with E-state index in [-0.39, 0.29) is 46.2 Å². The number of hydrogen-bond donors (Lipinski definition) is 1. The highest BCUT2D eigenvalue weighted by atomic mass is 35.5. The summed E-state index contributed by atoms with van der Waals surface area (Å²) >= 11 is 12.2. The molecule has 0 radical (unpaired) electrons. The average molecular weight is 460 g/mol. The summed E-state index contributed by atoms with van der Waals surface area (Å²) in [6.07, 6.45) is 3.54. The van der Waals surface area contributed by atoms with Crippen molar-refractivity contribution >= 4 is 46.9 Å². The van der Waals surface area contributed by atoms with Gasteiger partial charge in [0.25, 0.3) is 5.91 Å². The number of piperazine rings is 1. The number of pyridine rings is 1. The van der Waals surface area contributed by atoms with Crippen LogP contribution in [0.5, 0.6) is 0 Å². The maximum Gasteiger partial charge on any atom is 0.327 e. The van der Waals surface area contributed by atoms with E-state index in [4.69, 9.17) is 23.2 Å². The quantitative estimate of drug-likeness (QED) is 0.712. The first-order valence-corrected chi connectivity index (χ1v) is 10.7. The number of benzene rings is 1. The summed E-state index contributed by atoms with van der Waals surface area (Å²) in [7, 11) is 0. The molecule has 0 bridgehead atoms. The molecule has 1 saturated carbocycles. The Morgan fingerprint density at radius 3 is 2.48 bits per heavy atom. The van der Waals surface area contributed by atoms with Crippen molar-refractivity contribution < 1.29 is 14.4 Å². The van der Waals surface area contributed by atoms with Gasteiger partial charge >= 0.3 is 12.1 Å². The monoisotopic (exact) mass is 459 g/mol. The summed E-state index contributed by atoms with van der Waals surface area (Å²) in [5, 5.41) is 3.13. The molecule has 0 spiro atoms. The largest absolute Gasteiger partial charge is 0.327 e. The molecule has 1 aromatic heterocycles. The molecular formula is C21H19Cl2N5O3. The lowest BCUT2D eigenvalue weighted by Gasteiger charge is -2.35. The number of imide groups is 1. The number of amides is 5. The molecule has 2 aromatic rings. The average Bonchev–Trinajstić information content (AvgIpc) is 3.52. The Bertz CT molecular complexity index is 1050. The standard InChI is InChI=1S/C21H19Cl2N5O3/c22-14-9-24-10-15(23)18(14)25-20(30)26-6-7-27-17(11-26)19(29)28(21(27)31)16-8-13(16)12-4-2-1-3-5-12/h1-5,9-10,13,16-17H,6-8,11H2,(H,24,25,30)/t13-,16+,17?/m0/s1. The van der Waals surface area contributed by atoms with Crippen LogP contribution in [0.3, 0.4) is 0 Å². The van der Waals surface area contributed by atoms with Gasteiger partial charge in [-0.25, -0.2) is 9.59 Å².